The van der Waals surface area contributed by atoms with E-state index < -0.39 is 5.97 Å². The van der Waals surface area contributed by atoms with Gasteiger partial charge in [-0.15, -0.1) is 0 Å². The van der Waals surface area contributed by atoms with E-state index >= 15 is 0 Å². The average Bonchev–Trinajstić information content (AvgIpc) is 3.28. The van der Waals surface area contributed by atoms with Crippen LogP contribution in [0.3, 0.4) is 0 Å². The molecule has 0 saturated carbocycles. The molecule has 6 nitrogen and oxygen atoms in total. The molecule has 0 aliphatic heterocycles. The zero-order valence-corrected chi connectivity index (χ0v) is 17.8. The number of para-hydroxylation sites is 3. The van der Waals surface area contributed by atoms with Crippen LogP contribution in [0.1, 0.15) is 15.9 Å². The second-order valence-electron chi connectivity index (χ2n) is 7.67. The second kappa shape index (κ2) is 9.04. The van der Waals surface area contributed by atoms with Crippen molar-refractivity contribution in [3.05, 3.63) is 102 Å². The van der Waals surface area contributed by atoms with Crippen molar-refractivity contribution in [1.82, 2.24) is 4.98 Å². The summed E-state index contributed by atoms with van der Waals surface area (Å²) in [4.78, 5) is 18.2. The minimum atomic E-state index is -1.02. The highest BCUT2D eigenvalue weighted by Gasteiger charge is 2.17. The smallest absolute Gasteiger partial charge is 0.339 e. The molecule has 33 heavy (non-hydrogen) atoms. The third-order valence-electron chi connectivity index (χ3n) is 5.53. The second-order valence-corrected chi connectivity index (χ2v) is 7.67. The summed E-state index contributed by atoms with van der Waals surface area (Å²) in [6.07, 6.45) is 0. The molecule has 0 fully saturated rings. The fourth-order valence-corrected chi connectivity index (χ4v) is 3.91. The maximum absolute atomic E-state index is 11.5. The number of hydrogen-bond acceptors (Lipinski definition) is 5. The minimum absolute atomic E-state index is 0.139. The average molecular weight is 438 g/mol. The van der Waals surface area contributed by atoms with Crippen LogP contribution in [0.5, 0.6) is 5.75 Å². The summed E-state index contributed by atoms with van der Waals surface area (Å²) in [5, 5.41) is 11.7. The molecular weight excluding hydrogens is 416 g/mol. The Morgan fingerprint density at radius 3 is 2.55 bits per heavy atom. The van der Waals surface area contributed by atoms with Crippen molar-refractivity contribution < 1.29 is 19.1 Å². The molecule has 1 N–H and O–H groups in total. The summed E-state index contributed by atoms with van der Waals surface area (Å²) < 4.78 is 11.9. The molecule has 0 aliphatic rings. The Labute approximate surface area is 190 Å². The number of carboxylic acid groups (broad SMARTS) is 1. The normalized spacial score (nSPS) is 11.0. The Morgan fingerprint density at radius 2 is 1.67 bits per heavy atom. The molecule has 0 saturated heterocycles. The van der Waals surface area contributed by atoms with E-state index in [1.807, 2.05) is 47.4 Å². The highest BCUT2D eigenvalue weighted by molar-refractivity contribution is 5.90. The fraction of sp³-hybridized carbons (Fsp3) is 0.111. The monoisotopic (exact) mass is 438 g/mol. The molecule has 164 valence electrons. The molecule has 1 aromatic heterocycles. The highest BCUT2D eigenvalue weighted by Crippen LogP contribution is 2.26. The molecule has 0 unspecified atom stereocenters. The lowest BCUT2D eigenvalue weighted by atomic mass is 10.0. The number of carbonyl (C=O) groups is 1. The van der Waals surface area contributed by atoms with Crippen LogP contribution >= 0.6 is 0 Å². The third-order valence-corrected chi connectivity index (χ3v) is 5.53. The number of nitrogens with zero attached hydrogens (tertiary/aromatic N) is 2. The van der Waals surface area contributed by atoms with Crippen molar-refractivity contribution in [2.75, 3.05) is 18.1 Å². The van der Waals surface area contributed by atoms with E-state index in [4.69, 9.17) is 9.15 Å². The maximum atomic E-state index is 11.5. The van der Waals surface area contributed by atoms with Gasteiger partial charge in [-0.05, 0) is 40.6 Å². The SMILES string of the molecule is O=C(O)c1ccccc1OCCN(Cc1cccc2ccccc12)c1nc2ccccc2o1. The van der Waals surface area contributed by atoms with Gasteiger partial charge in [0.15, 0.2) is 5.58 Å². The van der Waals surface area contributed by atoms with E-state index in [1.54, 1.807) is 18.2 Å². The van der Waals surface area contributed by atoms with Crippen LogP contribution in [-0.2, 0) is 6.54 Å². The number of hydrogen-bond donors (Lipinski definition) is 1. The summed E-state index contributed by atoms with van der Waals surface area (Å²) in [5.74, 6) is -0.676. The van der Waals surface area contributed by atoms with E-state index in [-0.39, 0.29) is 12.2 Å². The predicted molar refractivity (Wildman–Crippen MR) is 128 cm³/mol. The number of aromatic carboxylic acids is 1. The molecule has 0 spiro atoms. The molecule has 0 aliphatic carbocycles. The summed E-state index contributed by atoms with van der Waals surface area (Å²) >= 11 is 0. The van der Waals surface area contributed by atoms with Gasteiger partial charge < -0.3 is 19.2 Å². The van der Waals surface area contributed by atoms with Gasteiger partial charge in [0.25, 0.3) is 6.01 Å². The summed E-state index contributed by atoms with van der Waals surface area (Å²) in [6.45, 7) is 1.30. The van der Waals surface area contributed by atoms with Gasteiger partial charge in [0.05, 0.1) is 6.54 Å². The van der Waals surface area contributed by atoms with E-state index in [0.717, 1.165) is 11.1 Å². The molecule has 5 rings (SSSR count). The molecular formula is C27H22N2O4. The van der Waals surface area contributed by atoms with Crippen LogP contribution in [0.2, 0.25) is 0 Å². The number of carboxylic acids is 1. The fourth-order valence-electron chi connectivity index (χ4n) is 3.91. The van der Waals surface area contributed by atoms with Crippen LogP contribution in [0, 0.1) is 0 Å². The third kappa shape index (κ3) is 4.36. The van der Waals surface area contributed by atoms with Crippen LogP contribution in [-0.4, -0.2) is 29.2 Å². The standard InChI is InChI=1S/C27H22N2O4/c30-26(31)22-12-3-5-14-24(22)32-17-16-29(27-28-23-13-4-6-15-25(23)33-27)18-20-10-7-9-19-8-1-2-11-21(19)20/h1-15H,16-18H2,(H,30,31). The molecule has 5 aromatic rings. The Balaban J connectivity index is 1.43. The number of aromatic nitrogens is 1. The summed E-state index contributed by atoms with van der Waals surface area (Å²) in [5.41, 5.74) is 2.78. The van der Waals surface area contributed by atoms with Gasteiger partial charge in [-0.25, -0.2) is 4.79 Å². The van der Waals surface area contributed by atoms with E-state index in [1.165, 1.54) is 16.8 Å². The van der Waals surface area contributed by atoms with Gasteiger partial charge in [-0.1, -0.05) is 66.7 Å². The quantitative estimate of drug-likeness (QED) is 0.332. The number of anilines is 1. The van der Waals surface area contributed by atoms with Crippen molar-refractivity contribution in [1.29, 1.82) is 0 Å². The number of rotatable bonds is 8. The summed E-state index contributed by atoms with van der Waals surface area (Å²) in [6, 6.07) is 29.3. The molecule has 0 bridgehead atoms. The molecule has 1 heterocycles. The molecule has 0 radical (unpaired) electrons. The van der Waals surface area contributed by atoms with Gasteiger partial charge >= 0.3 is 5.97 Å². The first-order valence-corrected chi connectivity index (χ1v) is 10.7. The van der Waals surface area contributed by atoms with Crippen LogP contribution in [0.25, 0.3) is 21.9 Å². The number of ether oxygens (including phenoxy) is 1. The molecule has 6 heteroatoms. The van der Waals surface area contributed by atoms with E-state index in [9.17, 15) is 9.90 Å². The van der Waals surface area contributed by atoms with Crippen LogP contribution in [0.4, 0.5) is 6.01 Å². The predicted octanol–water partition coefficient (Wildman–Crippen LogP) is 5.76. The Kier molecular flexibility index (Phi) is 5.64. The van der Waals surface area contributed by atoms with Gasteiger partial charge in [0.1, 0.15) is 23.4 Å². The molecule has 0 amide bonds. The zero-order chi connectivity index (χ0) is 22.6. The summed E-state index contributed by atoms with van der Waals surface area (Å²) in [7, 11) is 0. The topological polar surface area (TPSA) is 75.8 Å². The van der Waals surface area contributed by atoms with Crippen molar-refractivity contribution in [3.63, 3.8) is 0 Å². The Bertz CT molecular complexity index is 1390. The lowest BCUT2D eigenvalue weighted by Crippen LogP contribution is -2.28. The van der Waals surface area contributed by atoms with Crippen molar-refractivity contribution in [3.8, 4) is 5.75 Å². The van der Waals surface area contributed by atoms with Crippen molar-refractivity contribution in [2.24, 2.45) is 0 Å². The van der Waals surface area contributed by atoms with Crippen molar-refractivity contribution >= 4 is 33.9 Å². The Hall–Kier alpha value is -4.32. The first kappa shape index (κ1) is 20.6. The lowest BCUT2D eigenvalue weighted by molar-refractivity contribution is 0.0692. The van der Waals surface area contributed by atoms with Gasteiger partial charge in [0, 0.05) is 6.54 Å². The van der Waals surface area contributed by atoms with Crippen LogP contribution < -0.4 is 9.64 Å². The molecule has 4 aromatic carbocycles. The number of oxazole rings is 1. The van der Waals surface area contributed by atoms with Gasteiger partial charge in [0.2, 0.25) is 0 Å². The number of benzene rings is 4. The largest absolute Gasteiger partial charge is 0.491 e. The number of fused-ring (bicyclic) bond motifs is 2. The Morgan fingerprint density at radius 1 is 0.909 bits per heavy atom. The zero-order valence-electron chi connectivity index (χ0n) is 17.8. The van der Waals surface area contributed by atoms with E-state index in [0.29, 0.717) is 30.4 Å². The lowest BCUT2D eigenvalue weighted by Gasteiger charge is -2.22. The van der Waals surface area contributed by atoms with Gasteiger partial charge in [-0.2, -0.15) is 4.98 Å². The van der Waals surface area contributed by atoms with Crippen molar-refractivity contribution in [2.45, 2.75) is 6.54 Å². The maximum Gasteiger partial charge on any atom is 0.339 e. The first-order valence-electron chi connectivity index (χ1n) is 10.7. The minimum Gasteiger partial charge on any atom is -0.491 e. The molecule has 0 atom stereocenters. The van der Waals surface area contributed by atoms with Gasteiger partial charge in [-0.3, -0.25) is 0 Å². The highest BCUT2D eigenvalue weighted by atomic mass is 16.5. The first-order chi connectivity index (χ1) is 16.2. The van der Waals surface area contributed by atoms with Crippen LogP contribution in [0.15, 0.2) is 95.4 Å². The van der Waals surface area contributed by atoms with E-state index in [2.05, 4.69) is 29.2 Å².